The van der Waals surface area contributed by atoms with Gasteiger partial charge >= 0.3 is 35.5 Å². The number of carbonyl (C=O) groups excluding carboxylic acids is 2. The molecular weight excluding hydrogens is 429 g/mol. The molecule has 31 heavy (non-hydrogen) atoms. The van der Waals surface area contributed by atoms with Crippen LogP contribution in [0.2, 0.25) is 0 Å². The van der Waals surface area contributed by atoms with Gasteiger partial charge in [-0.15, -0.1) is 0 Å². The van der Waals surface area contributed by atoms with E-state index in [9.17, 15) is 18.4 Å². The molecule has 3 rings (SSSR count). The fourth-order valence-corrected chi connectivity index (χ4v) is 3.54. The maximum absolute atomic E-state index is 12.5. The summed E-state index contributed by atoms with van der Waals surface area (Å²) < 4.78 is 30.2. The number of carbonyl (C=O) groups is 2. The van der Waals surface area contributed by atoms with E-state index in [0.29, 0.717) is 17.7 Å². The van der Waals surface area contributed by atoms with Gasteiger partial charge in [-0.25, -0.2) is 4.79 Å². The molecule has 2 aromatic carbocycles. The molecule has 2 aromatic rings. The number of benzene rings is 2. The molecule has 4 N–H and O–H groups in total. The summed E-state index contributed by atoms with van der Waals surface area (Å²) in [6.45, 7) is 1.92. The predicted molar refractivity (Wildman–Crippen MR) is 115 cm³/mol. The SMILES string of the molecule is Cc1ccc(Nc2c(NS(=O)[O-])ccc(OC(=O)C3=CCCCC3)c2C(N)=O)cc1.[H-].[Na+]. The van der Waals surface area contributed by atoms with Gasteiger partial charge in [0.1, 0.15) is 11.3 Å². The normalized spacial score (nSPS) is 13.9. The summed E-state index contributed by atoms with van der Waals surface area (Å²) in [5.74, 6) is -1.47. The molecule has 0 saturated carbocycles. The van der Waals surface area contributed by atoms with E-state index in [4.69, 9.17) is 10.5 Å². The van der Waals surface area contributed by atoms with Gasteiger partial charge in [0.25, 0.3) is 5.91 Å². The number of allylic oxidation sites excluding steroid dienone is 1. The fraction of sp³-hybridized carbons (Fsp3) is 0.238. The molecule has 1 atom stereocenters. The third-order valence-corrected chi connectivity index (χ3v) is 5.07. The Labute approximate surface area is 206 Å². The molecule has 0 saturated heterocycles. The minimum Gasteiger partial charge on any atom is -1.00 e. The van der Waals surface area contributed by atoms with E-state index in [2.05, 4.69) is 10.0 Å². The zero-order chi connectivity index (χ0) is 21.7. The second-order valence-electron chi connectivity index (χ2n) is 6.92. The van der Waals surface area contributed by atoms with Crippen LogP contribution in [0.1, 0.15) is 43.0 Å². The number of rotatable bonds is 7. The summed E-state index contributed by atoms with van der Waals surface area (Å²) in [7, 11) is 0. The molecule has 1 unspecified atom stereocenters. The van der Waals surface area contributed by atoms with Gasteiger partial charge in [-0.3, -0.25) is 9.00 Å². The van der Waals surface area contributed by atoms with Gasteiger partial charge in [0.15, 0.2) is 0 Å². The van der Waals surface area contributed by atoms with E-state index in [1.54, 1.807) is 12.1 Å². The van der Waals surface area contributed by atoms with Crippen molar-refractivity contribution < 1.29 is 54.1 Å². The van der Waals surface area contributed by atoms with Crippen LogP contribution in [0, 0.1) is 6.92 Å². The molecule has 0 heterocycles. The van der Waals surface area contributed by atoms with Gasteiger partial charge in [-0.05, 0) is 56.9 Å². The fourth-order valence-electron chi connectivity index (χ4n) is 3.19. The van der Waals surface area contributed by atoms with Crippen molar-refractivity contribution in [1.29, 1.82) is 0 Å². The summed E-state index contributed by atoms with van der Waals surface area (Å²) in [4.78, 5) is 24.8. The molecule has 0 aliphatic heterocycles. The molecule has 10 heteroatoms. The van der Waals surface area contributed by atoms with Crippen molar-refractivity contribution in [1.82, 2.24) is 0 Å². The summed E-state index contributed by atoms with van der Waals surface area (Å²) in [5, 5.41) is 3.01. The average molecular weight is 452 g/mol. The Morgan fingerprint density at radius 2 is 1.87 bits per heavy atom. The van der Waals surface area contributed by atoms with Crippen LogP contribution in [-0.2, 0) is 16.1 Å². The molecule has 1 amide bonds. The molecule has 0 spiro atoms. The Hall–Kier alpha value is -2.17. The van der Waals surface area contributed by atoms with Gasteiger partial charge in [0.05, 0.1) is 11.4 Å². The van der Waals surface area contributed by atoms with E-state index in [-0.39, 0.29) is 53.7 Å². The van der Waals surface area contributed by atoms with Crippen molar-refractivity contribution in [2.24, 2.45) is 5.73 Å². The molecule has 8 nitrogen and oxygen atoms in total. The summed E-state index contributed by atoms with van der Waals surface area (Å²) in [5.41, 5.74) is 7.81. The van der Waals surface area contributed by atoms with Crippen LogP contribution in [0.5, 0.6) is 5.75 Å². The van der Waals surface area contributed by atoms with Gasteiger partial charge in [0, 0.05) is 22.5 Å². The van der Waals surface area contributed by atoms with Crippen molar-refractivity contribution in [3.05, 3.63) is 59.2 Å². The molecular formula is C21H23N3NaO5S-. The van der Waals surface area contributed by atoms with Gasteiger partial charge in [0.2, 0.25) is 0 Å². The van der Waals surface area contributed by atoms with Gasteiger partial charge < -0.3 is 26.5 Å². The zero-order valence-electron chi connectivity index (χ0n) is 18.4. The number of hydrogen-bond donors (Lipinski definition) is 3. The number of anilines is 3. The van der Waals surface area contributed by atoms with Gasteiger partial charge in [-0.1, -0.05) is 23.8 Å². The number of esters is 1. The summed E-state index contributed by atoms with van der Waals surface area (Å²) >= 11 is -2.64. The third-order valence-electron chi connectivity index (χ3n) is 4.68. The standard InChI is InChI=1S/C21H23N3O5S.Na.H/c1-13-7-9-15(10-8-13)23-19-16(24-30(27)28)11-12-17(18(19)20(22)25)29-21(26)14-5-3-2-4-6-14;;/h5,7-12,23-24H,2-4,6H2,1H3,(H2,22,25)(H,27,28);;/q;+1;-1/p-1. The number of hydrogen-bond acceptors (Lipinski definition) is 6. The molecule has 0 fully saturated rings. The number of nitrogens with two attached hydrogens (primary N) is 1. The summed E-state index contributed by atoms with van der Waals surface area (Å²) in [6.07, 6.45) is 5.14. The van der Waals surface area contributed by atoms with E-state index in [0.717, 1.165) is 24.8 Å². The van der Waals surface area contributed by atoms with E-state index < -0.39 is 23.1 Å². The maximum atomic E-state index is 12.5. The predicted octanol–water partition coefficient (Wildman–Crippen LogP) is 0.566. The largest absolute Gasteiger partial charge is 1.00 e. The molecule has 0 radical (unpaired) electrons. The Kier molecular flexibility index (Phi) is 9.27. The number of amides is 1. The van der Waals surface area contributed by atoms with E-state index in [1.165, 1.54) is 12.1 Å². The maximum Gasteiger partial charge on any atom is 1.00 e. The quantitative estimate of drug-likeness (QED) is 0.243. The summed E-state index contributed by atoms with van der Waals surface area (Å²) in [6, 6.07) is 9.98. The Morgan fingerprint density at radius 3 is 2.45 bits per heavy atom. The van der Waals surface area contributed by atoms with E-state index in [1.807, 2.05) is 25.1 Å². The van der Waals surface area contributed by atoms with Crippen LogP contribution in [0.3, 0.4) is 0 Å². The number of nitrogens with one attached hydrogen (secondary N) is 2. The van der Waals surface area contributed by atoms with Crippen molar-refractivity contribution >= 4 is 40.2 Å². The van der Waals surface area contributed by atoms with Crippen LogP contribution < -0.4 is 50.1 Å². The van der Waals surface area contributed by atoms with Crippen LogP contribution >= 0.6 is 0 Å². The topological polar surface area (TPSA) is 134 Å². The first-order valence-corrected chi connectivity index (χ1v) is 10.5. The minimum absolute atomic E-state index is 0. The minimum atomic E-state index is -2.64. The smallest absolute Gasteiger partial charge is 1.00 e. The Bertz CT molecular complexity index is 1030. The number of ether oxygens (including phenoxy) is 1. The van der Waals surface area contributed by atoms with Crippen LogP contribution in [0.15, 0.2) is 48.0 Å². The first-order chi connectivity index (χ1) is 14.3. The van der Waals surface area contributed by atoms with E-state index >= 15 is 0 Å². The third kappa shape index (κ3) is 6.65. The Morgan fingerprint density at radius 1 is 1.16 bits per heavy atom. The van der Waals surface area contributed by atoms with Crippen molar-refractivity contribution in [3.8, 4) is 5.75 Å². The molecule has 1 aliphatic carbocycles. The average Bonchev–Trinajstić information content (AvgIpc) is 2.71. The van der Waals surface area contributed by atoms with Crippen LogP contribution in [-0.4, -0.2) is 20.6 Å². The van der Waals surface area contributed by atoms with Crippen LogP contribution in [0.25, 0.3) is 0 Å². The molecule has 0 aromatic heterocycles. The first kappa shape index (κ1) is 25.1. The van der Waals surface area contributed by atoms with Crippen molar-refractivity contribution in [2.45, 2.75) is 32.6 Å². The monoisotopic (exact) mass is 452 g/mol. The molecule has 0 bridgehead atoms. The van der Waals surface area contributed by atoms with Crippen molar-refractivity contribution in [2.75, 3.05) is 10.0 Å². The zero-order valence-corrected chi connectivity index (χ0v) is 20.2. The molecule has 160 valence electrons. The van der Waals surface area contributed by atoms with Gasteiger partial charge in [-0.2, -0.15) is 0 Å². The second-order valence-corrected chi connectivity index (χ2v) is 7.59. The van der Waals surface area contributed by atoms with Crippen LogP contribution in [0.4, 0.5) is 17.1 Å². The number of primary amides is 1. The number of aryl methyl sites for hydroxylation is 1. The van der Waals surface area contributed by atoms with Crippen molar-refractivity contribution in [3.63, 3.8) is 0 Å². The Balaban J connectivity index is 0.00000256. The second kappa shape index (κ2) is 11.4. The first-order valence-electron chi connectivity index (χ1n) is 9.43. The molecule has 1 aliphatic rings.